The molecule has 15 heavy (non-hydrogen) atoms. The number of carbonyl (C=O) groups excluding carboxylic acids is 2. The van der Waals surface area contributed by atoms with Gasteiger partial charge < -0.3 is 21.3 Å². The zero-order valence-electron chi connectivity index (χ0n) is 9.54. The van der Waals surface area contributed by atoms with Crippen molar-refractivity contribution in [3.63, 3.8) is 0 Å². The van der Waals surface area contributed by atoms with Crippen molar-refractivity contribution < 1.29 is 9.59 Å². The maximum absolute atomic E-state index is 11.3. The Bertz CT molecular complexity index is 218. The Morgan fingerprint density at radius 3 is 2.40 bits per heavy atom. The average Bonchev–Trinajstić information content (AvgIpc) is 2.12. The second-order valence-corrected chi connectivity index (χ2v) is 3.68. The lowest BCUT2D eigenvalue weighted by molar-refractivity contribution is -0.139. The zero-order chi connectivity index (χ0) is 11.8. The van der Waals surface area contributed by atoms with E-state index in [9.17, 15) is 9.59 Å². The Morgan fingerprint density at radius 2 is 1.93 bits per heavy atom. The van der Waals surface area contributed by atoms with Crippen molar-refractivity contribution in [3.8, 4) is 0 Å². The highest BCUT2D eigenvalue weighted by Crippen LogP contribution is 1.84. The first-order chi connectivity index (χ1) is 6.97. The molecule has 6 nitrogen and oxygen atoms in total. The topological polar surface area (TPSA) is 87.5 Å². The van der Waals surface area contributed by atoms with Crippen LogP contribution >= 0.6 is 0 Å². The van der Waals surface area contributed by atoms with Crippen molar-refractivity contribution in [1.29, 1.82) is 0 Å². The van der Waals surface area contributed by atoms with Crippen LogP contribution in [-0.4, -0.2) is 56.5 Å². The summed E-state index contributed by atoms with van der Waals surface area (Å²) in [7, 11) is 3.80. The highest BCUT2D eigenvalue weighted by Gasteiger charge is 2.15. The van der Waals surface area contributed by atoms with Gasteiger partial charge in [0.1, 0.15) is 0 Å². The van der Waals surface area contributed by atoms with Crippen LogP contribution in [-0.2, 0) is 9.59 Å². The van der Waals surface area contributed by atoms with E-state index in [1.807, 2.05) is 25.9 Å². The molecule has 0 aliphatic carbocycles. The molecule has 4 N–H and O–H groups in total. The van der Waals surface area contributed by atoms with Crippen LogP contribution in [0.2, 0.25) is 0 Å². The maximum Gasteiger partial charge on any atom is 0.309 e. The second-order valence-electron chi connectivity index (χ2n) is 3.68. The highest BCUT2D eigenvalue weighted by molar-refractivity contribution is 6.35. The Hall–Kier alpha value is -1.14. The minimum atomic E-state index is -0.633. The minimum Gasteiger partial charge on any atom is -0.347 e. The molecular formula is C9H20N4O2. The van der Waals surface area contributed by atoms with Gasteiger partial charge in [-0.2, -0.15) is 0 Å². The van der Waals surface area contributed by atoms with Gasteiger partial charge >= 0.3 is 11.8 Å². The van der Waals surface area contributed by atoms with E-state index in [4.69, 9.17) is 5.73 Å². The van der Waals surface area contributed by atoms with Gasteiger partial charge in [0.2, 0.25) is 0 Å². The molecule has 0 aromatic carbocycles. The molecule has 0 spiro atoms. The van der Waals surface area contributed by atoms with Crippen LogP contribution in [0.4, 0.5) is 0 Å². The minimum absolute atomic E-state index is 0.0591. The van der Waals surface area contributed by atoms with E-state index in [2.05, 4.69) is 10.6 Å². The summed E-state index contributed by atoms with van der Waals surface area (Å²) in [6, 6.07) is -0.0591. The summed E-state index contributed by atoms with van der Waals surface area (Å²) in [5, 5.41) is 4.99. The first-order valence-electron chi connectivity index (χ1n) is 4.90. The fourth-order valence-corrected chi connectivity index (χ4v) is 1.15. The summed E-state index contributed by atoms with van der Waals surface area (Å²) in [5.41, 5.74) is 5.19. The molecule has 0 aromatic heterocycles. The molecule has 6 heteroatoms. The van der Waals surface area contributed by atoms with Gasteiger partial charge in [-0.1, -0.05) is 0 Å². The van der Waals surface area contributed by atoms with Crippen LogP contribution in [0.3, 0.4) is 0 Å². The largest absolute Gasteiger partial charge is 0.347 e. The molecule has 0 saturated heterocycles. The van der Waals surface area contributed by atoms with Crippen LogP contribution in [0.15, 0.2) is 0 Å². The number of hydrogen-bond donors (Lipinski definition) is 3. The Balaban J connectivity index is 3.85. The number of carbonyl (C=O) groups is 2. The summed E-state index contributed by atoms with van der Waals surface area (Å²) in [4.78, 5) is 24.3. The summed E-state index contributed by atoms with van der Waals surface area (Å²) in [6.07, 6.45) is 0. The quantitative estimate of drug-likeness (QED) is 0.470. The average molecular weight is 216 g/mol. The number of nitrogens with two attached hydrogens (primary N) is 1. The van der Waals surface area contributed by atoms with Gasteiger partial charge in [0.05, 0.1) is 0 Å². The first-order valence-corrected chi connectivity index (χ1v) is 4.90. The molecule has 0 aliphatic rings. The van der Waals surface area contributed by atoms with Gasteiger partial charge in [0, 0.05) is 25.7 Å². The summed E-state index contributed by atoms with van der Waals surface area (Å²) < 4.78 is 0. The van der Waals surface area contributed by atoms with Crippen molar-refractivity contribution in [2.45, 2.75) is 13.0 Å². The van der Waals surface area contributed by atoms with Gasteiger partial charge in [0.15, 0.2) is 0 Å². The number of nitrogens with one attached hydrogen (secondary N) is 2. The molecule has 0 rings (SSSR count). The van der Waals surface area contributed by atoms with E-state index in [0.717, 1.165) is 0 Å². The van der Waals surface area contributed by atoms with Crippen LogP contribution in [0.5, 0.6) is 0 Å². The van der Waals surface area contributed by atoms with Crippen LogP contribution in [0, 0.1) is 0 Å². The summed E-state index contributed by atoms with van der Waals surface area (Å²) in [6.45, 7) is 3.17. The second kappa shape index (κ2) is 7.19. The number of nitrogens with zero attached hydrogens (tertiary/aromatic N) is 1. The van der Waals surface area contributed by atoms with Crippen LogP contribution in [0.1, 0.15) is 6.92 Å². The molecule has 0 aromatic rings. The van der Waals surface area contributed by atoms with Gasteiger partial charge in [-0.3, -0.25) is 9.59 Å². The normalized spacial score (nSPS) is 12.3. The van der Waals surface area contributed by atoms with E-state index >= 15 is 0 Å². The van der Waals surface area contributed by atoms with Gasteiger partial charge in [0.25, 0.3) is 0 Å². The molecule has 0 heterocycles. The maximum atomic E-state index is 11.3. The third-order valence-electron chi connectivity index (χ3n) is 1.65. The van der Waals surface area contributed by atoms with E-state index in [-0.39, 0.29) is 6.04 Å². The van der Waals surface area contributed by atoms with E-state index in [0.29, 0.717) is 19.6 Å². The molecule has 1 unspecified atom stereocenters. The van der Waals surface area contributed by atoms with Gasteiger partial charge in [-0.05, 0) is 21.0 Å². The smallest absolute Gasteiger partial charge is 0.309 e. The fourth-order valence-electron chi connectivity index (χ4n) is 1.15. The molecule has 0 fully saturated rings. The van der Waals surface area contributed by atoms with Crippen molar-refractivity contribution in [2.75, 3.05) is 33.7 Å². The third kappa shape index (κ3) is 6.87. The molecule has 1 atom stereocenters. The Morgan fingerprint density at radius 1 is 1.33 bits per heavy atom. The molecule has 0 bridgehead atoms. The van der Waals surface area contributed by atoms with Crippen molar-refractivity contribution >= 4 is 11.8 Å². The molecular weight excluding hydrogens is 196 g/mol. The molecule has 0 aliphatic heterocycles. The molecule has 2 amide bonds. The number of likely N-dealkylation sites (N-methyl/N-ethyl adjacent to an activating group) is 1. The van der Waals surface area contributed by atoms with Crippen molar-refractivity contribution in [3.05, 3.63) is 0 Å². The lowest BCUT2D eigenvalue weighted by Gasteiger charge is -2.17. The third-order valence-corrected chi connectivity index (χ3v) is 1.65. The highest BCUT2D eigenvalue weighted by atomic mass is 16.2. The number of rotatable bonds is 5. The summed E-state index contributed by atoms with van der Waals surface area (Å²) >= 11 is 0. The van der Waals surface area contributed by atoms with Crippen LogP contribution < -0.4 is 16.4 Å². The molecule has 0 radical (unpaired) electrons. The predicted molar refractivity (Wildman–Crippen MR) is 58.2 cm³/mol. The van der Waals surface area contributed by atoms with E-state index in [1.165, 1.54) is 0 Å². The number of amides is 2. The van der Waals surface area contributed by atoms with E-state index < -0.39 is 11.8 Å². The lowest BCUT2D eigenvalue weighted by Crippen LogP contribution is -2.47. The fraction of sp³-hybridized carbons (Fsp3) is 0.778. The van der Waals surface area contributed by atoms with Crippen LogP contribution in [0.25, 0.3) is 0 Å². The SMILES string of the molecule is CC(CN(C)C)NC(=O)C(=O)NCCN. The summed E-state index contributed by atoms with van der Waals surface area (Å²) in [5.74, 6) is -1.25. The lowest BCUT2D eigenvalue weighted by atomic mass is 10.3. The molecule has 0 saturated carbocycles. The predicted octanol–water partition coefficient (Wildman–Crippen LogP) is -1.87. The number of hydrogen-bond acceptors (Lipinski definition) is 4. The van der Waals surface area contributed by atoms with E-state index in [1.54, 1.807) is 0 Å². The van der Waals surface area contributed by atoms with Crippen molar-refractivity contribution in [2.24, 2.45) is 5.73 Å². The first kappa shape index (κ1) is 13.9. The zero-order valence-corrected chi connectivity index (χ0v) is 9.54. The molecule has 88 valence electrons. The monoisotopic (exact) mass is 216 g/mol. The standard InChI is InChI=1S/C9H20N4O2/c1-7(6-13(2)3)12-9(15)8(14)11-5-4-10/h7H,4-6,10H2,1-3H3,(H,11,14)(H,12,15). The Kier molecular flexibility index (Phi) is 6.64. The van der Waals surface area contributed by atoms with Crippen molar-refractivity contribution in [1.82, 2.24) is 15.5 Å². The van der Waals surface area contributed by atoms with Gasteiger partial charge in [-0.25, -0.2) is 0 Å². The van der Waals surface area contributed by atoms with Gasteiger partial charge in [-0.15, -0.1) is 0 Å². The Labute approximate surface area is 90.2 Å².